The molecule has 168 valence electrons. The molecule has 3 aromatic rings. The number of thioether (sulfide) groups is 1. The van der Waals surface area contributed by atoms with Crippen LogP contribution in [0.3, 0.4) is 0 Å². The fourth-order valence-corrected chi connectivity index (χ4v) is 5.13. The summed E-state index contributed by atoms with van der Waals surface area (Å²) in [6, 6.07) is 19.0. The Morgan fingerprint density at radius 3 is 2.36 bits per heavy atom. The molecule has 8 heteroatoms. The standard InChI is InChI=1S/C25H18Cl2INO3S/c1-15-3-2-4-17(9-15)14-32-23-20(26)10-18(11-21(23)27)12-22-24(30)29(25(31)33-22)13-16-5-7-19(28)8-6-16/h2-12H,13-14H2,1H3/b22-12-. The lowest BCUT2D eigenvalue weighted by Crippen LogP contribution is -2.27. The minimum atomic E-state index is -0.337. The van der Waals surface area contributed by atoms with E-state index in [-0.39, 0.29) is 17.7 Å². The maximum Gasteiger partial charge on any atom is 0.293 e. The molecule has 1 saturated heterocycles. The van der Waals surface area contributed by atoms with E-state index in [1.54, 1.807) is 18.2 Å². The van der Waals surface area contributed by atoms with Crippen molar-refractivity contribution in [2.24, 2.45) is 0 Å². The highest BCUT2D eigenvalue weighted by Crippen LogP contribution is 2.38. The van der Waals surface area contributed by atoms with Crippen LogP contribution in [0.2, 0.25) is 10.0 Å². The van der Waals surface area contributed by atoms with E-state index in [1.807, 2.05) is 55.5 Å². The lowest BCUT2D eigenvalue weighted by Gasteiger charge is -2.12. The number of imide groups is 1. The van der Waals surface area contributed by atoms with E-state index in [9.17, 15) is 9.59 Å². The van der Waals surface area contributed by atoms with Crippen molar-refractivity contribution in [3.05, 3.63) is 101 Å². The number of rotatable bonds is 6. The normalized spacial score (nSPS) is 14.9. The van der Waals surface area contributed by atoms with E-state index in [0.717, 1.165) is 32.0 Å². The summed E-state index contributed by atoms with van der Waals surface area (Å²) in [5.74, 6) is 0.0411. The molecule has 33 heavy (non-hydrogen) atoms. The number of aryl methyl sites for hydroxylation is 1. The van der Waals surface area contributed by atoms with E-state index in [4.69, 9.17) is 27.9 Å². The third kappa shape index (κ3) is 5.93. The van der Waals surface area contributed by atoms with Gasteiger partial charge in [0.15, 0.2) is 5.75 Å². The molecule has 0 bridgehead atoms. The van der Waals surface area contributed by atoms with Gasteiger partial charge in [0.05, 0.1) is 21.5 Å². The second-order valence-electron chi connectivity index (χ2n) is 7.49. The zero-order valence-corrected chi connectivity index (χ0v) is 22.0. The van der Waals surface area contributed by atoms with Crippen LogP contribution >= 0.6 is 57.6 Å². The zero-order valence-electron chi connectivity index (χ0n) is 17.5. The van der Waals surface area contributed by atoms with Crippen LogP contribution in [0.15, 0.2) is 65.6 Å². The van der Waals surface area contributed by atoms with Gasteiger partial charge in [0.2, 0.25) is 0 Å². The molecule has 2 amide bonds. The summed E-state index contributed by atoms with van der Waals surface area (Å²) >= 11 is 16.0. The van der Waals surface area contributed by atoms with Gasteiger partial charge in [0, 0.05) is 3.57 Å². The average Bonchev–Trinajstić information content (AvgIpc) is 3.02. The van der Waals surface area contributed by atoms with Gasteiger partial charge in [-0.25, -0.2) is 0 Å². The van der Waals surface area contributed by atoms with Crippen LogP contribution < -0.4 is 4.74 Å². The molecule has 3 aromatic carbocycles. The van der Waals surface area contributed by atoms with E-state index in [0.29, 0.717) is 32.9 Å². The number of amides is 2. The number of nitrogens with zero attached hydrogens (tertiary/aromatic N) is 1. The summed E-state index contributed by atoms with van der Waals surface area (Å²) in [7, 11) is 0. The Bertz CT molecular complexity index is 1240. The quantitative estimate of drug-likeness (QED) is 0.212. The van der Waals surface area contributed by atoms with Gasteiger partial charge in [-0.2, -0.15) is 0 Å². The first-order valence-corrected chi connectivity index (χ1v) is 12.6. The van der Waals surface area contributed by atoms with Gasteiger partial charge in [-0.1, -0.05) is 65.2 Å². The molecule has 1 heterocycles. The lowest BCUT2D eigenvalue weighted by molar-refractivity contribution is -0.123. The van der Waals surface area contributed by atoms with Crippen molar-refractivity contribution in [2.75, 3.05) is 0 Å². The summed E-state index contributed by atoms with van der Waals surface area (Å²) in [6.45, 7) is 2.57. The summed E-state index contributed by atoms with van der Waals surface area (Å²) in [4.78, 5) is 26.8. The molecular formula is C25H18Cl2INO3S. The fraction of sp³-hybridized carbons (Fsp3) is 0.120. The van der Waals surface area contributed by atoms with Gasteiger partial charge < -0.3 is 4.74 Å². The highest BCUT2D eigenvalue weighted by molar-refractivity contribution is 14.1. The molecule has 1 aliphatic heterocycles. The van der Waals surface area contributed by atoms with Gasteiger partial charge >= 0.3 is 0 Å². The largest absolute Gasteiger partial charge is 0.486 e. The van der Waals surface area contributed by atoms with Gasteiger partial charge in [0.25, 0.3) is 11.1 Å². The fourth-order valence-electron chi connectivity index (χ4n) is 3.32. The van der Waals surface area contributed by atoms with Gasteiger partial charge in [-0.05, 0) is 88.3 Å². The number of ether oxygens (including phenoxy) is 1. The van der Waals surface area contributed by atoms with Gasteiger partial charge in [-0.15, -0.1) is 0 Å². The molecule has 1 fully saturated rings. The smallest absolute Gasteiger partial charge is 0.293 e. The zero-order chi connectivity index (χ0) is 23.5. The minimum absolute atomic E-state index is 0.228. The van der Waals surface area contributed by atoms with Crippen molar-refractivity contribution < 1.29 is 14.3 Å². The Hall–Kier alpha value is -2.00. The van der Waals surface area contributed by atoms with Crippen molar-refractivity contribution in [2.45, 2.75) is 20.1 Å². The summed E-state index contributed by atoms with van der Waals surface area (Å²) in [6.07, 6.45) is 1.63. The molecule has 4 nitrogen and oxygen atoms in total. The average molecular weight is 610 g/mol. The lowest BCUT2D eigenvalue weighted by atomic mass is 10.1. The third-order valence-corrected chi connectivity index (χ3v) is 7.10. The van der Waals surface area contributed by atoms with Gasteiger partial charge in [-0.3, -0.25) is 14.5 Å². The maximum absolute atomic E-state index is 12.8. The summed E-state index contributed by atoms with van der Waals surface area (Å²) < 4.78 is 6.93. The summed E-state index contributed by atoms with van der Waals surface area (Å²) in [5, 5.41) is 0.360. The second kappa shape index (κ2) is 10.5. The number of carbonyl (C=O) groups is 2. The topological polar surface area (TPSA) is 46.6 Å². The minimum Gasteiger partial charge on any atom is -0.486 e. The van der Waals surface area contributed by atoms with Crippen LogP contribution in [-0.4, -0.2) is 16.0 Å². The Morgan fingerprint density at radius 1 is 1.00 bits per heavy atom. The second-order valence-corrected chi connectivity index (χ2v) is 10.5. The SMILES string of the molecule is Cc1cccc(COc2c(Cl)cc(/C=C3\SC(=O)N(Cc4ccc(I)cc4)C3=O)cc2Cl)c1. The highest BCUT2D eigenvalue weighted by Gasteiger charge is 2.35. The number of hydrogen-bond acceptors (Lipinski definition) is 4. The molecule has 4 rings (SSSR count). The van der Waals surface area contributed by atoms with E-state index in [2.05, 4.69) is 22.6 Å². The molecule has 0 spiro atoms. The van der Waals surface area contributed by atoms with Crippen molar-refractivity contribution in [3.8, 4) is 5.75 Å². The van der Waals surface area contributed by atoms with Gasteiger partial charge in [0.1, 0.15) is 6.61 Å². The molecule has 0 saturated carbocycles. The number of benzene rings is 3. The van der Waals surface area contributed by atoms with Crippen LogP contribution in [0.1, 0.15) is 22.3 Å². The molecule has 0 unspecified atom stereocenters. The van der Waals surface area contributed by atoms with E-state index in [1.165, 1.54) is 4.90 Å². The van der Waals surface area contributed by atoms with Crippen LogP contribution in [-0.2, 0) is 17.9 Å². The molecule has 0 N–H and O–H groups in total. The molecule has 0 radical (unpaired) electrons. The Morgan fingerprint density at radius 2 is 1.70 bits per heavy atom. The first-order chi connectivity index (χ1) is 15.8. The van der Waals surface area contributed by atoms with Crippen molar-refractivity contribution >= 4 is 74.8 Å². The molecular weight excluding hydrogens is 592 g/mol. The van der Waals surface area contributed by atoms with Crippen LogP contribution in [0, 0.1) is 10.5 Å². The van der Waals surface area contributed by atoms with E-state index < -0.39 is 0 Å². The predicted octanol–water partition coefficient (Wildman–Crippen LogP) is 7.72. The Labute approximate surface area is 220 Å². The Balaban J connectivity index is 1.49. The van der Waals surface area contributed by atoms with Crippen molar-refractivity contribution in [1.82, 2.24) is 4.90 Å². The third-order valence-electron chi connectivity index (χ3n) is 4.91. The van der Waals surface area contributed by atoms with Crippen molar-refractivity contribution in [3.63, 3.8) is 0 Å². The van der Waals surface area contributed by atoms with Crippen molar-refractivity contribution in [1.29, 1.82) is 0 Å². The highest BCUT2D eigenvalue weighted by atomic mass is 127. The van der Waals surface area contributed by atoms with Crippen LogP contribution in [0.4, 0.5) is 4.79 Å². The van der Waals surface area contributed by atoms with E-state index >= 15 is 0 Å². The maximum atomic E-state index is 12.8. The first kappa shape index (κ1) is 24.1. The Kier molecular flexibility index (Phi) is 7.69. The summed E-state index contributed by atoms with van der Waals surface area (Å²) in [5.41, 5.74) is 3.65. The molecule has 0 aromatic heterocycles. The monoisotopic (exact) mass is 609 g/mol. The number of hydrogen-bond donors (Lipinski definition) is 0. The predicted molar refractivity (Wildman–Crippen MR) is 143 cm³/mol. The first-order valence-electron chi connectivity index (χ1n) is 9.97. The molecule has 0 atom stereocenters. The molecule has 1 aliphatic rings. The number of halogens is 3. The van der Waals surface area contributed by atoms with Crippen LogP contribution in [0.25, 0.3) is 6.08 Å². The van der Waals surface area contributed by atoms with Crippen LogP contribution in [0.5, 0.6) is 5.75 Å². The molecule has 0 aliphatic carbocycles. The number of carbonyl (C=O) groups excluding carboxylic acids is 2.